The SMILES string of the molecule is Cc1cccc(SCc2nc(C)c(CCN)c(C)n2)c1. The second kappa shape index (κ2) is 6.86. The molecule has 4 heteroatoms. The van der Waals surface area contributed by atoms with Gasteiger partial charge in [-0.05, 0) is 51.4 Å². The summed E-state index contributed by atoms with van der Waals surface area (Å²) in [6.07, 6.45) is 0.850. The minimum atomic E-state index is 0.641. The first-order valence-corrected chi connectivity index (χ1v) is 7.81. The van der Waals surface area contributed by atoms with Gasteiger partial charge >= 0.3 is 0 Å². The normalized spacial score (nSPS) is 10.8. The van der Waals surface area contributed by atoms with Crippen molar-refractivity contribution >= 4 is 11.8 Å². The number of hydrogen-bond acceptors (Lipinski definition) is 4. The van der Waals surface area contributed by atoms with Gasteiger partial charge in [0.05, 0.1) is 5.75 Å². The fourth-order valence-electron chi connectivity index (χ4n) is 2.23. The minimum absolute atomic E-state index is 0.641. The Morgan fingerprint density at radius 2 is 1.80 bits per heavy atom. The summed E-state index contributed by atoms with van der Waals surface area (Å²) in [7, 11) is 0. The lowest BCUT2D eigenvalue weighted by atomic mass is 10.1. The molecule has 106 valence electrons. The Morgan fingerprint density at radius 3 is 2.40 bits per heavy atom. The highest BCUT2D eigenvalue weighted by atomic mass is 32.2. The van der Waals surface area contributed by atoms with Crippen molar-refractivity contribution in [3.63, 3.8) is 0 Å². The Balaban J connectivity index is 2.10. The van der Waals surface area contributed by atoms with E-state index in [-0.39, 0.29) is 0 Å². The van der Waals surface area contributed by atoms with Crippen LogP contribution >= 0.6 is 11.8 Å². The van der Waals surface area contributed by atoms with Crippen molar-refractivity contribution in [3.05, 3.63) is 52.6 Å². The Morgan fingerprint density at radius 1 is 1.10 bits per heavy atom. The molecular formula is C16H21N3S. The maximum absolute atomic E-state index is 5.63. The number of hydrogen-bond donors (Lipinski definition) is 1. The van der Waals surface area contributed by atoms with Gasteiger partial charge in [0.15, 0.2) is 0 Å². The van der Waals surface area contributed by atoms with Crippen LogP contribution in [-0.4, -0.2) is 16.5 Å². The van der Waals surface area contributed by atoms with E-state index in [2.05, 4.69) is 41.2 Å². The largest absolute Gasteiger partial charge is 0.330 e. The second-order valence-corrected chi connectivity index (χ2v) is 5.98. The number of nitrogens with two attached hydrogens (primary N) is 1. The van der Waals surface area contributed by atoms with Gasteiger partial charge in [0.1, 0.15) is 5.82 Å². The molecule has 1 heterocycles. The quantitative estimate of drug-likeness (QED) is 0.858. The van der Waals surface area contributed by atoms with Gasteiger partial charge < -0.3 is 5.73 Å². The monoisotopic (exact) mass is 287 g/mol. The zero-order valence-corrected chi connectivity index (χ0v) is 13.1. The van der Waals surface area contributed by atoms with E-state index in [1.54, 1.807) is 11.8 Å². The summed E-state index contributed by atoms with van der Waals surface area (Å²) in [5, 5.41) is 0. The summed E-state index contributed by atoms with van der Waals surface area (Å²) < 4.78 is 0. The van der Waals surface area contributed by atoms with Crippen LogP contribution in [0.3, 0.4) is 0 Å². The molecule has 0 aliphatic carbocycles. The highest BCUT2D eigenvalue weighted by Crippen LogP contribution is 2.23. The third kappa shape index (κ3) is 3.81. The molecule has 2 rings (SSSR count). The first-order valence-electron chi connectivity index (χ1n) is 6.82. The van der Waals surface area contributed by atoms with Crippen molar-refractivity contribution in [3.8, 4) is 0 Å². The highest BCUT2D eigenvalue weighted by Gasteiger charge is 2.08. The average molecular weight is 287 g/mol. The summed E-state index contributed by atoms with van der Waals surface area (Å²) in [5.41, 5.74) is 10.2. The van der Waals surface area contributed by atoms with Crippen molar-refractivity contribution in [2.24, 2.45) is 5.73 Å². The van der Waals surface area contributed by atoms with Crippen LogP contribution in [0.25, 0.3) is 0 Å². The van der Waals surface area contributed by atoms with Crippen molar-refractivity contribution in [2.45, 2.75) is 37.8 Å². The lowest BCUT2D eigenvalue weighted by Crippen LogP contribution is -2.10. The molecule has 20 heavy (non-hydrogen) atoms. The van der Waals surface area contributed by atoms with Crippen LogP contribution in [-0.2, 0) is 12.2 Å². The average Bonchev–Trinajstić information content (AvgIpc) is 2.41. The van der Waals surface area contributed by atoms with E-state index in [0.717, 1.165) is 29.4 Å². The van der Waals surface area contributed by atoms with Crippen molar-refractivity contribution in [1.82, 2.24) is 9.97 Å². The van der Waals surface area contributed by atoms with E-state index in [1.807, 2.05) is 13.8 Å². The number of rotatable bonds is 5. The van der Waals surface area contributed by atoms with Crippen molar-refractivity contribution < 1.29 is 0 Å². The maximum Gasteiger partial charge on any atom is 0.139 e. The Bertz CT molecular complexity index is 573. The standard InChI is InChI=1S/C16H21N3S/c1-11-5-4-6-14(9-11)20-10-16-18-12(2)15(7-8-17)13(3)19-16/h4-6,9H,7-8,10,17H2,1-3H3. The fourth-order valence-corrected chi connectivity index (χ4v) is 3.10. The predicted octanol–water partition coefficient (Wildman–Crippen LogP) is 3.20. The maximum atomic E-state index is 5.63. The molecule has 2 aromatic rings. The molecule has 0 aliphatic heterocycles. The lowest BCUT2D eigenvalue weighted by Gasteiger charge is -2.10. The molecule has 0 radical (unpaired) electrons. The van der Waals surface area contributed by atoms with E-state index >= 15 is 0 Å². The van der Waals surface area contributed by atoms with Crippen LogP contribution in [0, 0.1) is 20.8 Å². The summed E-state index contributed by atoms with van der Waals surface area (Å²) >= 11 is 1.77. The van der Waals surface area contributed by atoms with Crippen LogP contribution in [0.1, 0.15) is 28.3 Å². The Labute approximate surface area is 125 Å². The molecular weight excluding hydrogens is 266 g/mol. The highest BCUT2D eigenvalue weighted by molar-refractivity contribution is 7.98. The minimum Gasteiger partial charge on any atom is -0.330 e. The van der Waals surface area contributed by atoms with Crippen molar-refractivity contribution in [1.29, 1.82) is 0 Å². The topological polar surface area (TPSA) is 51.8 Å². The second-order valence-electron chi connectivity index (χ2n) is 4.93. The zero-order chi connectivity index (χ0) is 14.5. The third-order valence-corrected chi connectivity index (χ3v) is 4.21. The number of thioether (sulfide) groups is 1. The van der Waals surface area contributed by atoms with Gasteiger partial charge in [-0.1, -0.05) is 17.7 Å². The Hall–Kier alpha value is -1.39. The summed E-state index contributed by atoms with van der Waals surface area (Å²) in [4.78, 5) is 10.5. The molecule has 0 saturated carbocycles. The van der Waals surface area contributed by atoms with Crippen LogP contribution in [0.5, 0.6) is 0 Å². The molecule has 0 saturated heterocycles. The summed E-state index contributed by atoms with van der Waals surface area (Å²) in [5.74, 6) is 1.70. The summed E-state index contributed by atoms with van der Waals surface area (Å²) in [6, 6.07) is 8.50. The van der Waals surface area contributed by atoms with Crippen LogP contribution < -0.4 is 5.73 Å². The van der Waals surface area contributed by atoms with Gasteiger partial charge in [-0.2, -0.15) is 0 Å². The molecule has 1 aromatic heterocycles. The Kier molecular flexibility index (Phi) is 5.15. The molecule has 0 aliphatic rings. The first-order chi connectivity index (χ1) is 9.60. The number of benzene rings is 1. The molecule has 0 spiro atoms. The predicted molar refractivity (Wildman–Crippen MR) is 85.0 cm³/mol. The van der Waals surface area contributed by atoms with Gasteiger partial charge in [0.2, 0.25) is 0 Å². The lowest BCUT2D eigenvalue weighted by molar-refractivity contribution is 0.868. The van der Waals surface area contributed by atoms with Gasteiger partial charge in [0.25, 0.3) is 0 Å². The van der Waals surface area contributed by atoms with E-state index in [1.165, 1.54) is 16.0 Å². The van der Waals surface area contributed by atoms with Gasteiger partial charge in [-0.25, -0.2) is 9.97 Å². The molecule has 0 amide bonds. The van der Waals surface area contributed by atoms with Crippen LogP contribution in [0.2, 0.25) is 0 Å². The van der Waals surface area contributed by atoms with Gasteiger partial charge in [-0.15, -0.1) is 11.8 Å². The zero-order valence-electron chi connectivity index (χ0n) is 12.3. The molecule has 3 nitrogen and oxygen atoms in total. The van der Waals surface area contributed by atoms with Gasteiger partial charge in [-0.3, -0.25) is 0 Å². The number of nitrogens with zero attached hydrogens (tertiary/aromatic N) is 2. The van der Waals surface area contributed by atoms with E-state index in [4.69, 9.17) is 5.73 Å². The third-order valence-electron chi connectivity index (χ3n) is 3.22. The van der Waals surface area contributed by atoms with E-state index in [9.17, 15) is 0 Å². The number of aromatic nitrogens is 2. The van der Waals surface area contributed by atoms with Gasteiger partial charge in [0, 0.05) is 16.3 Å². The number of aryl methyl sites for hydroxylation is 3. The molecule has 0 fully saturated rings. The molecule has 0 unspecified atom stereocenters. The van der Waals surface area contributed by atoms with E-state index in [0.29, 0.717) is 6.54 Å². The molecule has 1 aromatic carbocycles. The van der Waals surface area contributed by atoms with Crippen LogP contribution in [0.15, 0.2) is 29.2 Å². The van der Waals surface area contributed by atoms with Crippen LogP contribution in [0.4, 0.5) is 0 Å². The van der Waals surface area contributed by atoms with E-state index < -0.39 is 0 Å². The first kappa shape index (κ1) is 15.0. The smallest absolute Gasteiger partial charge is 0.139 e. The molecule has 0 bridgehead atoms. The fraction of sp³-hybridized carbons (Fsp3) is 0.375. The molecule has 2 N–H and O–H groups in total. The summed E-state index contributed by atoms with van der Waals surface area (Å²) in [6.45, 7) is 6.83. The molecule has 0 atom stereocenters. The van der Waals surface area contributed by atoms with Crippen molar-refractivity contribution in [2.75, 3.05) is 6.54 Å².